The van der Waals surface area contributed by atoms with Crippen LogP contribution in [0.25, 0.3) is 0 Å². The smallest absolute Gasteiger partial charge is 0.132 e. The van der Waals surface area contributed by atoms with E-state index in [1.165, 1.54) is 11.5 Å². The summed E-state index contributed by atoms with van der Waals surface area (Å²) >= 11 is 2.01. The molecule has 0 spiro atoms. The van der Waals surface area contributed by atoms with Gasteiger partial charge in [0.25, 0.3) is 0 Å². The first kappa shape index (κ1) is 13.8. The van der Waals surface area contributed by atoms with E-state index in [4.69, 9.17) is 0 Å². The largest absolute Gasteiger partial charge is 0.300 e. The quantitative estimate of drug-likeness (QED) is 0.657. The average molecular weight is 240 g/mol. The molecule has 4 atom stereocenters. The lowest BCUT2D eigenvalue weighted by Crippen LogP contribution is -2.17. The first-order chi connectivity index (χ1) is 7.60. The molecule has 0 aromatic carbocycles. The second-order valence-corrected chi connectivity index (χ2v) is 6.30. The minimum atomic E-state index is 0.294. The Bertz CT molecular complexity index is 249. The summed E-state index contributed by atoms with van der Waals surface area (Å²) < 4.78 is 0. The Balaban J connectivity index is 2.57. The van der Waals surface area contributed by atoms with E-state index in [9.17, 15) is 4.79 Å². The summed E-state index contributed by atoms with van der Waals surface area (Å²) in [5, 5.41) is 0. The Morgan fingerprint density at radius 3 is 2.75 bits per heavy atom. The molecule has 1 rings (SSSR count). The van der Waals surface area contributed by atoms with Crippen LogP contribution in [0, 0.1) is 23.7 Å². The van der Waals surface area contributed by atoms with Crippen molar-refractivity contribution in [1.29, 1.82) is 0 Å². The zero-order chi connectivity index (χ0) is 12.1. The standard InChI is InChI=1S/C14H24OS/c1-5-12-7-13(11(4)15)8-14(12)10(3)9-16-6-2/h5,10,12-14H,1,6-9H2,2-4H3. The molecular weight excluding hydrogens is 216 g/mol. The normalized spacial score (nSPS) is 31.3. The second-order valence-electron chi connectivity index (χ2n) is 4.98. The maximum atomic E-state index is 11.5. The second kappa shape index (κ2) is 6.48. The highest BCUT2D eigenvalue weighted by molar-refractivity contribution is 7.99. The van der Waals surface area contributed by atoms with Crippen LogP contribution in [0.2, 0.25) is 0 Å². The van der Waals surface area contributed by atoms with Crippen LogP contribution >= 0.6 is 11.8 Å². The highest BCUT2D eigenvalue weighted by atomic mass is 32.2. The summed E-state index contributed by atoms with van der Waals surface area (Å²) in [5.41, 5.74) is 0. The third-order valence-electron chi connectivity index (χ3n) is 3.86. The Morgan fingerprint density at radius 1 is 1.56 bits per heavy atom. The number of hydrogen-bond donors (Lipinski definition) is 0. The molecule has 92 valence electrons. The molecule has 1 saturated carbocycles. The molecular formula is C14H24OS. The van der Waals surface area contributed by atoms with Crippen molar-refractivity contribution in [3.05, 3.63) is 12.7 Å². The average Bonchev–Trinajstić information content (AvgIpc) is 2.69. The Labute approximate surface area is 104 Å². The zero-order valence-electron chi connectivity index (χ0n) is 10.7. The zero-order valence-corrected chi connectivity index (χ0v) is 11.6. The van der Waals surface area contributed by atoms with Gasteiger partial charge in [0, 0.05) is 5.92 Å². The van der Waals surface area contributed by atoms with Crippen molar-refractivity contribution in [1.82, 2.24) is 0 Å². The number of hydrogen-bond acceptors (Lipinski definition) is 2. The van der Waals surface area contributed by atoms with Crippen LogP contribution in [-0.2, 0) is 4.79 Å². The molecule has 0 bridgehead atoms. The van der Waals surface area contributed by atoms with E-state index in [1.807, 2.05) is 11.8 Å². The van der Waals surface area contributed by atoms with Gasteiger partial charge < -0.3 is 0 Å². The topological polar surface area (TPSA) is 17.1 Å². The van der Waals surface area contributed by atoms with Crippen LogP contribution in [0.5, 0.6) is 0 Å². The number of Topliss-reactive ketones (excluding diaryl/α,β-unsaturated/α-hetero) is 1. The van der Waals surface area contributed by atoms with Gasteiger partial charge in [-0.25, -0.2) is 0 Å². The number of carbonyl (C=O) groups is 1. The molecule has 1 aliphatic carbocycles. The predicted molar refractivity (Wildman–Crippen MR) is 72.7 cm³/mol. The van der Waals surface area contributed by atoms with Gasteiger partial charge in [-0.05, 0) is 49.0 Å². The fourth-order valence-corrected chi connectivity index (χ4v) is 3.64. The van der Waals surface area contributed by atoms with Gasteiger partial charge in [-0.15, -0.1) is 6.58 Å². The van der Waals surface area contributed by atoms with Gasteiger partial charge in [0.15, 0.2) is 0 Å². The number of ketones is 1. The molecule has 16 heavy (non-hydrogen) atoms. The van der Waals surface area contributed by atoms with E-state index in [1.54, 1.807) is 6.92 Å². The predicted octanol–water partition coefficient (Wildman–Crippen LogP) is 3.79. The molecule has 0 heterocycles. The first-order valence-corrected chi connectivity index (χ1v) is 7.46. The summed E-state index contributed by atoms with van der Waals surface area (Å²) in [7, 11) is 0. The maximum Gasteiger partial charge on any atom is 0.132 e. The van der Waals surface area contributed by atoms with Crippen molar-refractivity contribution in [3.8, 4) is 0 Å². The van der Waals surface area contributed by atoms with E-state index in [0.29, 0.717) is 29.5 Å². The molecule has 0 amide bonds. The highest BCUT2D eigenvalue weighted by Crippen LogP contribution is 2.42. The molecule has 0 aromatic heterocycles. The molecule has 0 radical (unpaired) electrons. The summed E-state index contributed by atoms with van der Waals surface area (Å²) in [5.74, 6) is 5.00. The van der Waals surface area contributed by atoms with Gasteiger partial charge in [-0.2, -0.15) is 11.8 Å². The molecule has 4 unspecified atom stereocenters. The molecule has 1 nitrogen and oxygen atoms in total. The van der Waals surface area contributed by atoms with Gasteiger partial charge in [0.2, 0.25) is 0 Å². The SMILES string of the molecule is C=CC1CC(C(C)=O)CC1C(C)CSCC. The Kier molecular flexibility index (Phi) is 5.60. The lowest BCUT2D eigenvalue weighted by atomic mass is 9.86. The molecule has 1 fully saturated rings. The van der Waals surface area contributed by atoms with Crippen molar-refractivity contribution < 1.29 is 4.79 Å². The van der Waals surface area contributed by atoms with E-state index in [2.05, 4.69) is 26.5 Å². The number of allylic oxidation sites excluding steroid dienone is 1. The van der Waals surface area contributed by atoms with Crippen molar-refractivity contribution >= 4 is 17.5 Å². The molecule has 0 aliphatic heterocycles. The lowest BCUT2D eigenvalue weighted by Gasteiger charge is -2.23. The number of thioether (sulfide) groups is 1. The van der Waals surface area contributed by atoms with Crippen molar-refractivity contribution in [2.75, 3.05) is 11.5 Å². The van der Waals surface area contributed by atoms with E-state index < -0.39 is 0 Å². The monoisotopic (exact) mass is 240 g/mol. The molecule has 2 heteroatoms. The van der Waals surface area contributed by atoms with Gasteiger partial charge in [0.1, 0.15) is 5.78 Å². The third-order valence-corrected chi connectivity index (χ3v) is 5.03. The summed E-state index contributed by atoms with van der Waals surface area (Å²) in [6.07, 6.45) is 4.18. The molecule has 0 N–H and O–H groups in total. The summed E-state index contributed by atoms with van der Waals surface area (Å²) in [6.45, 7) is 10.2. The van der Waals surface area contributed by atoms with Crippen molar-refractivity contribution in [3.63, 3.8) is 0 Å². The fraction of sp³-hybridized carbons (Fsp3) is 0.786. The minimum absolute atomic E-state index is 0.294. The summed E-state index contributed by atoms with van der Waals surface area (Å²) in [4.78, 5) is 11.5. The Hall–Kier alpha value is -0.240. The van der Waals surface area contributed by atoms with E-state index in [-0.39, 0.29) is 0 Å². The van der Waals surface area contributed by atoms with Gasteiger partial charge in [0.05, 0.1) is 0 Å². The highest BCUT2D eigenvalue weighted by Gasteiger charge is 2.37. The summed E-state index contributed by atoms with van der Waals surface area (Å²) in [6, 6.07) is 0. The number of rotatable bonds is 6. The fourth-order valence-electron chi connectivity index (χ4n) is 2.79. The van der Waals surface area contributed by atoms with Crippen LogP contribution in [0.3, 0.4) is 0 Å². The molecule has 0 saturated heterocycles. The third kappa shape index (κ3) is 3.38. The Morgan fingerprint density at radius 2 is 2.25 bits per heavy atom. The van der Waals surface area contributed by atoms with Crippen molar-refractivity contribution in [2.24, 2.45) is 23.7 Å². The van der Waals surface area contributed by atoms with Gasteiger partial charge >= 0.3 is 0 Å². The minimum Gasteiger partial charge on any atom is -0.300 e. The molecule has 0 aromatic rings. The number of carbonyl (C=O) groups excluding carboxylic acids is 1. The van der Waals surface area contributed by atoms with Crippen LogP contribution in [0.1, 0.15) is 33.6 Å². The van der Waals surface area contributed by atoms with Gasteiger partial charge in [-0.3, -0.25) is 4.79 Å². The van der Waals surface area contributed by atoms with Crippen LogP contribution in [0.4, 0.5) is 0 Å². The lowest BCUT2D eigenvalue weighted by molar-refractivity contribution is -0.120. The van der Waals surface area contributed by atoms with Gasteiger partial charge in [-0.1, -0.05) is 19.9 Å². The van der Waals surface area contributed by atoms with Crippen LogP contribution in [0.15, 0.2) is 12.7 Å². The van der Waals surface area contributed by atoms with E-state index >= 15 is 0 Å². The first-order valence-electron chi connectivity index (χ1n) is 6.30. The van der Waals surface area contributed by atoms with E-state index in [0.717, 1.165) is 12.8 Å². The molecule has 1 aliphatic rings. The van der Waals surface area contributed by atoms with Crippen LogP contribution in [-0.4, -0.2) is 17.3 Å². The maximum absolute atomic E-state index is 11.5. The van der Waals surface area contributed by atoms with Crippen LogP contribution < -0.4 is 0 Å². The van der Waals surface area contributed by atoms with Crippen molar-refractivity contribution in [2.45, 2.75) is 33.6 Å².